The van der Waals surface area contributed by atoms with Crippen molar-refractivity contribution in [2.75, 3.05) is 5.32 Å². The van der Waals surface area contributed by atoms with Crippen LogP contribution in [-0.2, 0) is 16.1 Å². The molecule has 152 valence electrons. The minimum absolute atomic E-state index is 0.140. The van der Waals surface area contributed by atoms with E-state index in [0.29, 0.717) is 11.3 Å². The number of hydrogen-bond acceptors (Lipinski definition) is 3. The van der Waals surface area contributed by atoms with Gasteiger partial charge in [0.05, 0.1) is 6.54 Å². The van der Waals surface area contributed by atoms with Gasteiger partial charge in [-0.2, -0.15) is 0 Å². The summed E-state index contributed by atoms with van der Waals surface area (Å²) in [6.45, 7) is 0.261. The van der Waals surface area contributed by atoms with Crippen LogP contribution in [0.15, 0.2) is 78.9 Å². The van der Waals surface area contributed by atoms with Crippen LogP contribution in [0.25, 0.3) is 0 Å². The van der Waals surface area contributed by atoms with Crippen molar-refractivity contribution in [1.29, 1.82) is 0 Å². The lowest BCUT2D eigenvalue weighted by atomic mass is 10.1. The molecule has 5 heteroatoms. The fraction of sp³-hybridized carbons (Fsp3) is 0.115. The maximum atomic E-state index is 12.5. The van der Waals surface area contributed by atoms with Crippen LogP contribution in [0.1, 0.15) is 39.9 Å². The second-order valence-corrected chi connectivity index (χ2v) is 7.22. The molecule has 4 rings (SSSR count). The lowest BCUT2D eigenvalue weighted by Crippen LogP contribution is -2.28. The molecule has 5 nitrogen and oxygen atoms in total. The van der Waals surface area contributed by atoms with Gasteiger partial charge in [0.2, 0.25) is 11.8 Å². The second kappa shape index (κ2) is 9.10. The number of benzene rings is 3. The fourth-order valence-electron chi connectivity index (χ4n) is 3.25. The van der Waals surface area contributed by atoms with Crippen molar-refractivity contribution >= 4 is 23.4 Å². The van der Waals surface area contributed by atoms with Crippen LogP contribution in [0.5, 0.6) is 0 Å². The predicted octanol–water partition coefficient (Wildman–Crippen LogP) is 3.99. The SMILES string of the molecule is O=C(Nc1ccc(CN2C(=O)CCC2=O)cc1)c1ccc(C#Cc2ccccc2)cc1. The standard InChI is InChI=1S/C26H20N2O3/c29-24-16-17-25(30)28(24)18-21-10-14-23(15-11-21)27-26(31)22-12-8-20(9-13-22)7-6-19-4-2-1-3-5-19/h1-5,8-15H,16-18H2,(H,27,31). The van der Waals surface area contributed by atoms with Gasteiger partial charge in [0.1, 0.15) is 0 Å². The number of anilines is 1. The number of likely N-dealkylation sites (tertiary alicyclic amines) is 1. The number of nitrogens with zero attached hydrogens (tertiary/aromatic N) is 1. The summed E-state index contributed by atoms with van der Waals surface area (Å²) in [5.74, 6) is 5.67. The molecular formula is C26H20N2O3. The summed E-state index contributed by atoms with van der Waals surface area (Å²) in [6.07, 6.45) is 0.563. The number of nitrogens with one attached hydrogen (secondary N) is 1. The van der Waals surface area contributed by atoms with E-state index in [1.54, 1.807) is 36.4 Å². The predicted molar refractivity (Wildman–Crippen MR) is 118 cm³/mol. The van der Waals surface area contributed by atoms with Crippen LogP contribution in [0, 0.1) is 11.8 Å². The molecular weight excluding hydrogens is 388 g/mol. The largest absolute Gasteiger partial charge is 0.322 e. The summed E-state index contributed by atoms with van der Waals surface area (Å²) in [5.41, 5.74) is 3.77. The zero-order valence-corrected chi connectivity index (χ0v) is 16.8. The van der Waals surface area contributed by atoms with Crippen LogP contribution in [0.2, 0.25) is 0 Å². The molecule has 3 aromatic carbocycles. The lowest BCUT2D eigenvalue weighted by Gasteiger charge is -2.14. The number of amides is 3. The number of carbonyl (C=O) groups is 3. The summed E-state index contributed by atoms with van der Waals surface area (Å²) in [5, 5.41) is 2.85. The molecule has 1 fully saturated rings. The third-order valence-electron chi connectivity index (χ3n) is 4.98. The topological polar surface area (TPSA) is 66.5 Å². The van der Waals surface area contributed by atoms with Gasteiger partial charge in [-0.05, 0) is 54.1 Å². The van der Waals surface area contributed by atoms with E-state index in [4.69, 9.17) is 0 Å². The molecule has 0 atom stereocenters. The number of carbonyl (C=O) groups excluding carboxylic acids is 3. The van der Waals surface area contributed by atoms with Crippen molar-refractivity contribution in [3.63, 3.8) is 0 Å². The second-order valence-electron chi connectivity index (χ2n) is 7.22. The first-order valence-electron chi connectivity index (χ1n) is 9.99. The molecule has 0 spiro atoms. The van der Waals surface area contributed by atoms with Crippen molar-refractivity contribution in [3.05, 3.63) is 101 Å². The molecule has 1 aliphatic rings. The van der Waals surface area contributed by atoms with Crippen LogP contribution < -0.4 is 5.32 Å². The van der Waals surface area contributed by atoms with Crippen LogP contribution in [-0.4, -0.2) is 22.6 Å². The smallest absolute Gasteiger partial charge is 0.255 e. The van der Waals surface area contributed by atoms with Gasteiger partial charge in [-0.1, -0.05) is 42.2 Å². The molecule has 1 N–H and O–H groups in total. The number of hydrogen-bond donors (Lipinski definition) is 1. The van der Waals surface area contributed by atoms with Gasteiger partial charge in [-0.15, -0.1) is 0 Å². The molecule has 0 unspecified atom stereocenters. The average molecular weight is 408 g/mol. The number of rotatable bonds is 4. The molecule has 0 aromatic heterocycles. The fourth-order valence-corrected chi connectivity index (χ4v) is 3.25. The molecule has 3 amide bonds. The van der Waals surface area contributed by atoms with Gasteiger partial charge in [0.25, 0.3) is 5.91 Å². The van der Waals surface area contributed by atoms with E-state index >= 15 is 0 Å². The van der Waals surface area contributed by atoms with Crippen LogP contribution >= 0.6 is 0 Å². The zero-order valence-electron chi connectivity index (χ0n) is 16.8. The molecule has 0 radical (unpaired) electrons. The third-order valence-corrected chi connectivity index (χ3v) is 4.98. The number of imide groups is 1. The molecule has 31 heavy (non-hydrogen) atoms. The highest BCUT2D eigenvalue weighted by molar-refractivity contribution is 6.04. The summed E-state index contributed by atoms with van der Waals surface area (Å²) in [6, 6.07) is 24.0. The van der Waals surface area contributed by atoms with Crippen molar-refractivity contribution in [2.24, 2.45) is 0 Å². The zero-order chi connectivity index (χ0) is 21.6. The third kappa shape index (κ3) is 5.06. The Bertz CT molecular complexity index is 1160. The minimum atomic E-state index is -0.222. The van der Waals surface area contributed by atoms with Gasteiger partial charge in [0, 0.05) is 35.2 Å². The Morgan fingerprint density at radius 3 is 1.97 bits per heavy atom. The summed E-state index contributed by atoms with van der Waals surface area (Å²) >= 11 is 0. The molecule has 3 aromatic rings. The Balaban J connectivity index is 1.36. The van der Waals surface area contributed by atoms with Crippen molar-refractivity contribution in [3.8, 4) is 11.8 Å². The Hall–Kier alpha value is -4.17. The first kappa shape index (κ1) is 20.1. The molecule has 1 heterocycles. The van der Waals surface area contributed by atoms with Gasteiger partial charge in [-0.3, -0.25) is 19.3 Å². The van der Waals surface area contributed by atoms with E-state index in [9.17, 15) is 14.4 Å². The highest BCUT2D eigenvalue weighted by Gasteiger charge is 2.28. The Morgan fingerprint density at radius 1 is 0.774 bits per heavy atom. The summed E-state index contributed by atoms with van der Waals surface area (Å²) in [4.78, 5) is 37.3. The summed E-state index contributed by atoms with van der Waals surface area (Å²) < 4.78 is 0. The summed E-state index contributed by atoms with van der Waals surface area (Å²) in [7, 11) is 0. The van der Waals surface area contributed by atoms with E-state index in [1.807, 2.05) is 42.5 Å². The highest BCUT2D eigenvalue weighted by Crippen LogP contribution is 2.18. The molecule has 0 bridgehead atoms. The monoisotopic (exact) mass is 408 g/mol. The van der Waals surface area contributed by atoms with Gasteiger partial charge >= 0.3 is 0 Å². The van der Waals surface area contributed by atoms with Crippen LogP contribution in [0.4, 0.5) is 5.69 Å². The van der Waals surface area contributed by atoms with E-state index < -0.39 is 0 Å². The lowest BCUT2D eigenvalue weighted by molar-refractivity contribution is -0.139. The normalized spacial score (nSPS) is 13.0. The molecule has 0 aliphatic carbocycles. The molecule has 1 saturated heterocycles. The van der Waals surface area contributed by atoms with Crippen molar-refractivity contribution < 1.29 is 14.4 Å². The molecule has 1 aliphatic heterocycles. The van der Waals surface area contributed by atoms with Gasteiger partial charge in [0.15, 0.2) is 0 Å². The van der Waals surface area contributed by atoms with E-state index in [-0.39, 0.29) is 37.1 Å². The van der Waals surface area contributed by atoms with Crippen molar-refractivity contribution in [2.45, 2.75) is 19.4 Å². The van der Waals surface area contributed by atoms with E-state index in [2.05, 4.69) is 17.2 Å². The van der Waals surface area contributed by atoms with Crippen molar-refractivity contribution in [1.82, 2.24) is 4.90 Å². The van der Waals surface area contributed by atoms with Gasteiger partial charge in [-0.25, -0.2) is 0 Å². The molecule has 0 saturated carbocycles. The van der Waals surface area contributed by atoms with E-state index in [1.165, 1.54) is 4.90 Å². The maximum absolute atomic E-state index is 12.5. The minimum Gasteiger partial charge on any atom is -0.322 e. The Morgan fingerprint density at radius 2 is 1.35 bits per heavy atom. The average Bonchev–Trinajstić information content (AvgIpc) is 3.12. The first-order chi connectivity index (χ1) is 15.1. The maximum Gasteiger partial charge on any atom is 0.255 e. The van der Waals surface area contributed by atoms with Crippen LogP contribution in [0.3, 0.4) is 0 Å². The Kier molecular flexibility index (Phi) is 5.91. The Labute approximate surface area is 180 Å². The first-order valence-corrected chi connectivity index (χ1v) is 9.99. The highest BCUT2D eigenvalue weighted by atomic mass is 16.2. The van der Waals surface area contributed by atoms with Gasteiger partial charge < -0.3 is 5.32 Å². The quantitative estimate of drug-likeness (QED) is 0.524. The van der Waals surface area contributed by atoms with E-state index in [0.717, 1.165) is 16.7 Å².